The maximum absolute atomic E-state index is 11.9. The summed E-state index contributed by atoms with van der Waals surface area (Å²) in [6.45, 7) is 9.26. The normalized spacial score (nSPS) is 13.0. The van der Waals surface area contributed by atoms with Gasteiger partial charge in [-0.3, -0.25) is 4.79 Å². The molecular formula is C24H43O5. The van der Waals surface area contributed by atoms with Gasteiger partial charge >= 0.3 is 5.97 Å². The maximum Gasteiger partial charge on any atom is 0.305 e. The highest BCUT2D eigenvalue weighted by Crippen LogP contribution is 2.10. The van der Waals surface area contributed by atoms with Crippen molar-refractivity contribution in [3.8, 4) is 0 Å². The fourth-order valence-corrected chi connectivity index (χ4v) is 2.51. The van der Waals surface area contributed by atoms with Gasteiger partial charge in [0.2, 0.25) is 0 Å². The van der Waals surface area contributed by atoms with Gasteiger partial charge in [0, 0.05) is 32.2 Å². The lowest BCUT2D eigenvalue weighted by atomic mass is 10.2. The summed E-state index contributed by atoms with van der Waals surface area (Å²) in [5.41, 5.74) is 0. The van der Waals surface area contributed by atoms with E-state index in [2.05, 4.69) is 45.1 Å². The zero-order chi connectivity index (χ0) is 21.6. The molecule has 0 aliphatic heterocycles. The molecule has 1 atom stereocenters. The zero-order valence-electron chi connectivity index (χ0n) is 18.7. The first-order valence-corrected chi connectivity index (χ1v) is 11.3. The third-order valence-electron chi connectivity index (χ3n) is 4.26. The van der Waals surface area contributed by atoms with Crippen LogP contribution in [0.1, 0.15) is 78.1 Å². The smallest absolute Gasteiger partial charge is 0.305 e. The molecule has 0 aromatic carbocycles. The molecule has 0 aliphatic rings. The number of aliphatic hydroxyl groups excluding tert-OH is 1. The van der Waals surface area contributed by atoms with E-state index in [1.165, 1.54) is 0 Å². The molecule has 5 heteroatoms. The number of hydrogen-bond acceptors (Lipinski definition) is 5. The van der Waals surface area contributed by atoms with Crippen LogP contribution in [-0.2, 0) is 19.0 Å². The number of aliphatic hydroxyl groups is 1. The summed E-state index contributed by atoms with van der Waals surface area (Å²) >= 11 is 0. The largest absolute Gasteiger partial charge is 0.465 e. The molecule has 0 heterocycles. The molecule has 0 aromatic rings. The predicted octanol–water partition coefficient (Wildman–Crippen LogP) is 5.38. The van der Waals surface area contributed by atoms with E-state index in [4.69, 9.17) is 19.3 Å². The van der Waals surface area contributed by atoms with Crippen molar-refractivity contribution < 1.29 is 24.1 Å². The van der Waals surface area contributed by atoms with Crippen LogP contribution in [0, 0.1) is 12.8 Å². The Balaban J connectivity index is 4.13. The standard InChI is InChI=1S/C24H43O5/c1-4-6-8-10-12-14-18-27-24(28-19-15-13-11-9-7-5-2)17-16-23(26)29-21-22(3)20-25/h6-9,22,24-25H,3-5,10-21H2,1-2H3/b8-6-,9-7-. The van der Waals surface area contributed by atoms with Gasteiger partial charge in [0.25, 0.3) is 0 Å². The average Bonchev–Trinajstić information content (AvgIpc) is 2.73. The van der Waals surface area contributed by atoms with Crippen LogP contribution >= 0.6 is 0 Å². The third-order valence-corrected chi connectivity index (χ3v) is 4.26. The minimum absolute atomic E-state index is 0.0942. The molecule has 0 aliphatic carbocycles. The fraction of sp³-hybridized carbons (Fsp3) is 0.750. The second kappa shape index (κ2) is 21.5. The van der Waals surface area contributed by atoms with Crippen molar-refractivity contribution in [3.05, 3.63) is 31.2 Å². The number of esters is 1. The molecule has 5 nitrogen and oxygen atoms in total. The quantitative estimate of drug-likeness (QED) is 0.126. The highest BCUT2D eigenvalue weighted by Gasteiger charge is 2.14. The molecule has 0 aromatic heterocycles. The van der Waals surface area contributed by atoms with Gasteiger partial charge in [-0.15, -0.1) is 0 Å². The average molecular weight is 412 g/mol. The lowest BCUT2D eigenvalue weighted by Crippen LogP contribution is -2.21. The van der Waals surface area contributed by atoms with E-state index in [1.807, 2.05) is 0 Å². The first kappa shape index (κ1) is 27.8. The molecule has 1 N–H and O–H groups in total. The molecule has 0 bridgehead atoms. The van der Waals surface area contributed by atoms with E-state index in [-0.39, 0.29) is 37.8 Å². The molecule has 0 rings (SSSR count). The predicted molar refractivity (Wildman–Crippen MR) is 118 cm³/mol. The summed E-state index contributed by atoms with van der Waals surface area (Å²) in [7, 11) is 0. The molecule has 0 spiro atoms. The minimum Gasteiger partial charge on any atom is -0.465 e. The van der Waals surface area contributed by atoms with Gasteiger partial charge in [0.05, 0.1) is 13.0 Å². The van der Waals surface area contributed by atoms with Gasteiger partial charge in [-0.25, -0.2) is 0 Å². The van der Waals surface area contributed by atoms with Crippen LogP contribution < -0.4 is 0 Å². The Kier molecular flexibility index (Phi) is 20.7. The van der Waals surface area contributed by atoms with Gasteiger partial charge in [0.1, 0.15) is 0 Å². The van der Waals surface area contributed by atoms with Crippen molar-refractivity contribution in [2.45, 2.75) is 84.3 Å². The van der Waals surface area contributed by atoms with Crippen molar-refractivity contribution in [1.82, 2.24) is 0 Å². The van der Waals surface area contributed by atoms with Gasteiger partial charge in [-0.05, 0) is 58.3 Å². The van der Waals surface area contributed by atoms with Crippen LogP contribution in [0.15, 0.2) is 24.3 Å². The summed E-state index contributed by atoms with van der Waals surface area (Å²) in [4.78, 5) is 11.9. The van der Waals surface area contributed by atoms with Crippen molar-refractivity contribution >= 4 is 5.97 Å². The van der Waals surface area contributed by atoms with Gasteiger partial charge in [-0.1, -0.05) is 38.2 Å². The topological polar surface area (TPSA) is 65.0 Å². The van der Waals surface area contributed by atoms with E-state index in [0.717, 1.165) is 51.4 Å². The zero-order valence-corrected chi connectivity index (χ0v) is 18.7. The Morgan fingerprint density at radius 3 is 1.97 bits per heavy atom. The third kappa shape index (κ3) is 19.9. The van der Waals surface area contributed by atoms with E-state index < -0.39 is 0 Å². The minimum atomic E-state index is -0.381. The Bertz CT molecular complexity index is 395. The lowest BCUT2D eigenvalue weighted by Gasteiger charge is -2.18. The van der Waals surface area contributed by atoms with Crippen LogP contribution in [-0.4, -0.2) is 43.8 Å². The van der Waals surface area contributed by atoms with Gasteiger partial charge in [0.15, 0.2) is 6.29 Å². The summed E-state index contributed by atoms with van der Waals surface area (Å²) in [6, 6.07) is 0. The first-order chi connectivity index (χ1) is 14.1. The van der Waals surface area contributed by atoms with Crippen LogP contribution in [0.2, 0.25) is 0 Å². The van der Waals surface area contributed by atoms with Crippen LogP contribution in [0.5, 0.6) is 0 Å². The molecule has 1 unspecified atom stereocenters. The van der Waals surface area contributed by atoms with Gasteiger partial charge < -0.3 is 19.3 Å². The Morgan fingerprint density at radius 2 is 1.48 bits per heavy atom. The van der Waals surface area contributed by atoms with E-state index >= 15 is 0 Å². The summed E-state index contributed by atoms with van der Waals surface area (Å²) in [6.07, 6.45) is 17.5. The summed E-state index contributed by atoms with van der Waals surface area (Å²) in [5.74, 6) is -0.593. The highest BCUT2D eigenvalue weighted by atomic mass is 16.7. The molecule has 0 saturated heterocycles. The number of carbonyl (C=O) groups is 1. The number of ether oxygens (including phenoxy) is 3. The van der Waals surface area contributed by atoms with Crippen LogP contribution in [0.25, 0.3) is 0 Å². The molecular weight excluding hydrogens is 368 g/mol. The monoisotopic (exact) mass is 411 g/mol. The molecule has 0 amide bonds. The van der Waals surface area contributed by atoms with Crippen molar-refractivity contribution in [2.75, 3.05) is 26.4 Å². The SMILES string of the molecule is [CH2]C(CO)COC(=O)CCC(OCCCC/C=C\CC)OCCCC/C=C\CC. The Morgan fingerprint density at radius 1 is 0.931 bits per heavy atom. The Hall–Kier alpha value is -1.17. The van der Waals surface area contributed by atoms with E-state index in [0.29, 0.717) is 19.6 Å². The number of carbonyl (C=O) groups excluding carboxylic acids is 1. The number of rotatable bonds is 20. The van der Waals surface area contributed by atoms with Crippen LogP contribution in [0.3, 0.4) is 0 Å². The number of allylic oxidation sites excluding steroid dienone is 4. The van der Waals surface area contributed by atoms with E-state index in [9.17, 15) is 4.79 Å². The van der Waals surface area contributed by atoms with Crippen molar-refractivity contribution in [1.29, 1.82) is 0 Å². The van der Waals surface area contributed by atoms with Crippen molar-refractivity contribution in [3.63, 3.8) is 0 Å². The molecule has 29 heavy (non-hydrogen) atoms. The highest BCUT2D eigenvalue weighted by molar-refractivity contribution is 5.69. The Labute approximate surface area is 178 Å². The summed E-state index contributed by atoms with van der Waals surface area (Å²) < 4.78 is 16.9. The molecule has 169 valence electrons. The van der Waals surface area contributed by atoms with Crippen molar-refractivity contribution in [2.24, 2.45) is 5.92 Å². The molecule has 1 radical (unpaired) electrons. The number of hydrogen-bond donors (Lipinski definition) is 1. The van der Waals surface area contributed by atoms with Gasteiger partial charge in [-0.2, -0.15) is 0 Å². The number of unbranched alkanes of at least 4 members (excludes halogenated alkanes) is 4. The second-order valence-corrected chi connectivity index (χ2v) is 7.19. The first-order valence-electron chi connectivity index (χ1n) is 11.3. The lowest BCUT2D eigenvalue weighted by molar-refractivity contribution is -0.160. The second-order valence-electron chi connectivity index (χ2n) is 7.19. The molecule has 0 saturated carbocycles. The molecule has 0 fully saturated rings. The summed E-state index contributed by atoms with van der Waals surface area (Å²) in [5, 5.41) is 8.94. The van der Waals surface area contributed by atoms with E-state index in [1.54, 1.807) is 0 Å². The maximum atomic E-state index is 11.9. The fourth-order valence-electron chi connectivity index (χ4n) is 2.51. The van der Waals surface area contributed by atoms with Crippen LogP contribution in [0.4, 0.5) is 0 Å².